The molecular formula is C17H30F2N6. The Labute approximate surface area is 148 Å². The van der Waals surface area contributed by atoms with Crippen LogP contribution in [0.2, 0.25) is 0 Å². The number of piperidine rings is 1. The predicted octanol–water partition coefficient (Wildman–Crippen LogP) is 1.87. The summed E-state index contributed by atoms with van der Waals surface area (Å²) >= 11 is 0. The maximum absolute atomic E-state index is 12.4. The molecule has 2 rings (SSSR count). The van der Waals surface area contributed by atoms with Crippen molar-refractivity contribution >= 4 is 5.96 Å². The number of alkyl halides is 2. The van der Waals surface area contributed by atoms with Crippen LogP contribution in [0.1, 0.15) is 31.5 Å². The molecule has 0 aliphatic carbocycles. The molecule has 8 heteroatoms. The van der Waals surface area contributed by atoms with E-state index in [1.165, 1.54) is 0 Å². The number of imidazole rings is 1. The highest BCUT2D eigenvalue weighted by atomic mass is 19.3. The maximum atomic E-state index is 12.4. The Morgan fingerprint density at radius 2 is 2.12 bits per heavy atom. The molecule has 0 saturated carbocycles. The number of halogens is 2. The average Bonchev–Trinajstić information content (AvgIpc) is 2.99. The second kappa shape index (κ2) is 10.3. The minimum atomic E-state index is -2.25. The molecule has 0 amide bonds. The van der Waals surface area contributed by atoms with Crippen LogP contribution < -0.4 is 10.6 Å². The van der Waals surface area contributed by atoms with Crippen molar-refractivity contribution in [1.82, 2.24) is 25.1 Å². The van der Waals surface area contributed by atoms with Gasteiger partial charge in [-0.15, -0.1) is 0 Å². The largest absolute Gasteiger partial charge is 0.356 e. The summed E-state index contributed by atoms with van der Waals surface area (Å²) in [5, 5.41) is 6.74. The number of hydrogen-bond donors (Lipinski definition) is 2. The van der Waals surface area contributed by atoms with E-state index in [0.29, 0.717) is 19.1 Å². The quantitative estimate of drug-likeness (QED) is 0.424. The molecule has 0 spiro atoms. The van der Waals surface area contributed by atoms with Crippen LogP contribution >= 0.6 is 0 Å². The molecule has 0 radical (unpaired) electrons. The lowest BCUT2D eigenvalue weighted by Gasteiger charge is -2.32. The Balaban J connectivity index is 1.59. The summed E-state index contributed by atoms with van der Waals surface area (Å²) < 4.78 is 27.0. The van der Waals surface area contributed by atoms with E-state index < -0.39 is 6.43 Å². The van der Waals surface area contributed by atoms with E-state index in [0.717, 1.165) is 50.6 Å². The van der Waals surface area contributed by atoms with Gasteiger partial charge in [-0.2, -0.15) is 0 Å². The number of hydrogen-bond acceptors (Lipinski definition) is 3. The van der Waals surface area contributed by atoms with E-state index in [2.05, 4.69) is 25.2 Å². The third-order valence-electron chi connectivity index (χ3n) is 4.59. The Bertz CT molecular complexity index is 523. The Morgan fingerprint density at radius 3 is 2.72 bits per heavy atom. The van der Waals surface area contributed by atoms with Crippen molar-refractivity contribution in [2.45, 2.75) is 51.6 Å². The zero-order chi connectivity index (χ0) is 18.1. The molecule has 2 N–H and O–H groups in total. The summed E-state index contributed by atoms with van der Waals surface area (Å²) in [6.45, 7) is 5.15. The lowest BCUT2D eigenvalue weighted by Crippen LogP contribution is -2.49. The lowest BCUT2D eigenvalue weighted by atomic mass is 10.1. The average molecular weight is 356 g/mol. The van der Waals surface area contributed by atoms with E-state index in [9.17, 15) is 8.78 Å². The van der Waals surface area contributed by atoms with E-state index in [-0.39, 0.29) is 6.54 Å². The normalized spacial score (nSPS) is 17.2. The fourth-order valence-electron chi connectivity index (χ4n) is 3.10. The summed E-state index contributed by atoms with van der Waals surface area (Å²) in [6, 6.07) is 0.300. The fraction of sp³-hybridized carbons (Fsp3) is 0.765. The number of rotatable bonds is 8. The maximum Gasteiger partial charge on any atom is 0.251 e. The molecule has 25 heavy (non-hydrogen) atoms. The summed E-state index contributed by atoms with van der Waals surface area (Å²) in [5.74, 6) is 1.84. The van der Waals surface area contributed by atoms with Crippen LogP contribution in [0, 0.1) is 6.92 Å². The van der Waals surface area contributed by atoms with Gasteiger partial charge in [-0.05, 0) is 32.6 Å². The molecule has 0 unspecified atom stereocenters. The zero-order valence-electron chi connectivity index (χ0n) is 15.2. The standard InChI is InChI=1S/C17H30F2N6/c1-14-21-8-12-25(14)9-4-3-7-22-17(20-2)23-15-5-10-24(11-6-15)13-16(18)19/h8,12,15-16H,3-7,9-11,13H2,1-2H3,(H2,20,22,23). The van der Waals surface area contributed by atoms with Crippen LogP contribution in [0.15, 0.2) is 17.4 Å². The Morgan fingerprint density at radius 1 is 1.36 bits per heavy atom. The first kappa shape index (κ1) is 19.6. The zero-order valence-corrected chi connectivity index (χ0v) is 15.2. The van der Waals surface area contributed by atoms with E-state index in [4.69, 9.17) is 0 Å². The number of aryl methyl sites for hydroxylation is 2. The molecule has 1 aliphatic rings. The molecule has 0 bridgehead atoms. The summed E-state index contributed by atoms with van der Waals surface area (Å²) in [5.41, 5.74) is 0. The van der Waals surface area contributed by atoms with Gasteiger partial charge in [0.1, 0.15) is 5.82 Å². The fourth-order valence-corrected chi connectivity index (χ4v) is 3.10. The van der Waals surface area contributed by atoms with Crippen molar-refractivity contribution in [3.8, 4) is 0 Å². The number of nitrogens with one attached hydrogen (secondary N) is 2. The summed E-state index contributed by atoms with van der Waals surface area (Å²) in [7, 11) is 1.76. The van der Waals surface area contributed by atoms with Gasteiger partial charge in [-0.1, -0.05) is 0 Å². The molecule has 1 aromatic rings. The van der Waals surface area contributed by atoms with Gasteiger partial charge in [0.05, 0.1) is 6.54 Å². The van der Waals surface area contributed by atoms with Gasteiger partial charge in [0.25, 0.3) is 6.43 Å². The molecule has 1 aliphatic heterocycles. The van der Waals surface area contributed by atoms with Crippen LogP contribution in [-0.4, -0.2) is 66.1 Å². The number of likely N-dealkylation sites (tertiary alicyclic amines) is 1. The molecule has 142 valence electrons. The molecule has 0 aromatic carbocycles. The number of unbranched alkanes of at least 4 members (excludes halogenated alkanes) is 1. The first-order chi connectivity index (χ1) is 12.1. The molecule has 0 atom stereocenters. The first-order valence-electron chi connectivity index (χ1n) is 9.04. The van der Waals surface area contributed by atoms with Gasteiger partial charge in [0, 0.05) is 51.7 Å². The van der Waals surface area contributed by atoms with Crippen LogP contribution in [0.5, 0.6) is 0 Å². The number of nitrogens with zero attached hydrogens (tertiary/aromatic N) is 4. The van der Waals surface area contributed by atoms with Crippen LogP contribution in [0.3, 0.4) is 0 Å². The Hall–Kier alpha value is -1.70. The van der Waals surface area contributed by atoms with E-state index in [1.807, 2.05) is 24.2 Å². The van der Waals surface area contributed by atoms with Crippen molar-refractivity contribution in [2.24, 2.45) is 4.99 Å². The van der Waals surface area contributed by atoms with E-state index >= 15 is 0 Å². The van der Waals surface area contributed by atoms with Gasteiger partial charge in [0.2, 0.25) is 0 Å². The second-order valence-electron chi connectivity index (χ2n) is 6.48. The smallest absolute Gasteiger partial charge is 0.251 e. The topological polar surface area (TPSA) is 57.5 Å². The third kappa shape index (κ3) is 6.97. The second-order valence-corrected chi connectivity index (χ2v) is 6.48. The summed E-state index contributed by atoms with van der Waals surface area (Å²) in [4.78, 5) is 10.3. The van der Waals surface area contributed by atoms with Crippen molar-refractivity contribution in [3.63, 3.8) is 0 Å². The Kier molecular flexibility index (Phi) is 8.11. The molecule has 6 nitrogen and oxygen atoms in total. The number of guanidine groups is 1. The predicted molar refractivity (Wildman–Crippen MR) is 96.2 cm³/mol. The summed E-state index contributed by atoms with van der Waals surface area (Å²) in [6.07, 6.45) is 5.44. The first-order valence-corrected chi connectivity index (χ1v) is 9.04. The van der Waals surface area contributed by atoms with Gasteiger partial charge in [0.15, 0.2) is 5.96 Å². The van der Waals surface area contributed by atoms with Crippen molar-refractivity contribution in [1.29, 1.82) is 0 Å². The highest BCUT2D eigenvalue weighted by Gasteiger charge is 2.21. The number of aliphatic imine (C=N–C) groups is 1. The minimum Gasteiger partial charge on any atom is -0.356 e. The van der Waals surface area contributed by atoms with Crippen molar-refractivity contribution in [2.75, 3.05) is 33.2 Å². The SMILES string of the molecule is CN=C(NCCCCn1ccnc1C)NC1CCN(CC(F)F)CC1. The van der Waals surface area contributed by atoms with Gasteiger partial charge < -0.3 is 15.2 Å². The van der Waals surface area contributed by atoms with Crippen molar-refractivity contribution < 1.29 is 8.78 Å². The van der Waals surface area contributed by atoms with Crippen molar-refractivity contribution in [3.05, 3.63) is 18.2 Å². The lowest BCUT2D eigenvalue weighted by molar-refractivity contribution is 0.0744. The van der Waals surface area contributed by atoms with Gasteiger partial charge in [-0.25, -0.2) is 13.8 Å². The van der Waals surface area contributed by atoms with E-state index in [1.54, 1.807) is 7.05 Å². The monoisotopic (exact) mass is 356 g/mol. The minimum absolute atomic E-state index is 0.115. The molecule has 1 aromatic heterocycles. The third-order valence-corrected chi connectivity index (χ3v) is 4.59. The molecule has 2 heterocycles. The molecule has 1 fully saturated rings. The van der Waals surface area contributed by atoms with Crippen LogP contribution in [0.25, 0.3) is 0 Å². The molecular weight excluding hydrogens is 326 g/mol. The molecule has 1 saturated heterocycles. The van der Waals surface area contributed by atoms with Crippen LogP contribution in [-0.2, 0) is 6.54 Å². The van der Waals surface area contributed by atoms with Crippen LogP contribution in [0.4, 0.5) is 8.78 Å². The highest BCUT2D eigenvalue weighted by molar-refractivity contribution is 5.79. The number of aromatic nitrogens is 2. The van der Waals surface area contributed by atoms with Gasteiger partial charge >= 0.3 is 0 Å². The highest BCUT2D eigenvalue weighted by Crippen LogP contribution is 2.11. The van der Waals surface area contributed by atoms with Gasteiger partial charge in [-0.3, -0.25) is 9.89 Å².